The predicted molar refractivity (Wildman–Crippen MR) is 101 cm³/mol. The molecule has 1 aromatic heterocycles. The first-order chi connectivity index (χ1) is 11.8. The number of nitrogens with one attached hydrogen (secondary N) is 1. The summed E-state index contributed by atoms with van der Waals surface area (Å²) in [6.07, 6.45) is 6.16. The molecule has 24 heavy (non-hydrogen) atoms. The third-order valence-corrected chi connectivity index (χ3v) is 4.26. The van der Waals surface area contributed by atoms with Gasteiger partial charge in [0.15, 0.2) is 0 Å². The quantitative estimate of drug-likeness (QED) is 0.872. The number of pyridine rings is 1. The summed E-state index contributed by atoms with van der Waals surface area (Å²) in [5.41, 5.74) is 4.66. The largest absolute Gasteiger partial charge is 0.387 e. The molecule has 1 aliphatic heterocycles. The Bertz CT molecular complexity index is 736. The summed E-state index contributed by atoms with van der Waals surface area (Å²) in [6.45, 7) is 3.14. The van der Waals surface area contributed by atoms with E-state index in [9.17, 15) is 0 Å². The zero-order chi connectivity index (χ0) is 16.6. The number of hydrogen-bond acceptors (Lipinski definition) is 3. The number of anilines is 1. The van der Waals surface area contributed by atoms with Gasteiger partial charge in [0, 0.05) is 33.1 Å². The van der Waals surface area contributed by atoms with Crippen molar-refractivity contribution < 1.29 is 0 Å². The maximum Gasteiger partial charge on any atom is 0.113 e. The SMILES string of the molecule is CNc1ccc(C#CCCN2CC=C(c3ccccc3)CC2)nc1. The van der Waals surface area contributed by atoms with Gasteiger partial charge in [-0.3, -0.25) is 4.90 Å². The van der Waals surface area contributed by atoms with Crippen LogP contribution in [0.1, 0.15) is 24.1 Å². The second-order valence-electron chi connectivity index (χ2n) is 5.88. The second kappa shape index (κ2) is 8.33. The monoisotopic (exact) mass is 317 g/mol. The number of hydrogen-bond donors (Lipinski definition) is 1. The van der Waals surface area contributed by atoms with Gasteiger partial charge in [-0.15, -0.1) is 0 Å². The summed E-state index contributed by atoms with van der Waals surface area (Å²) >= 11 is 0. The lowest BCUT2D eigenvalue weighted by Gasteiger charge is -2.25. The molecule has 0 saturated carbocycles. The lowest BCUT2D eigenvalue weighted by molar-refractivity contribution is 0.309. The molecule has 0 atom stereocenters. The molecule has 2 aromatic rings. The van der Waals surface area contributed by atoms with Crippen LogP contribution in [0.5, 0.6) is 0 Å². The highest BCUT2D eigenvalue weighted by molar-refractivity contribution is 5.66. The van der Waals surface area contributed by atoms with Gasteiger partial charge >= 0.3 is 0 Å². The first-order valence-electron chi connectivity index (χ1n) is 8.44. The number of aromatic nitrogens is 1. The molecule has 122 valence electrons. The highest BCUT2D eigenvalue weighted by Gasteiger charge is 2.11. The third kappa shape index (κ3) is 4.47. The Balaban J connectivity index is 1.47. The lowest BCUT2D eigenvalue weighted by atomic mass is 9.99. The molecule has 0 unspecified atom stereocenters. The molecule has 0 fully saturated rings. The first kappa shape index (κ1) is 16.3. The van der Waals surface area contributed by atoms with E-state index < -0.39 is 0 Å². The molecule has 0 aliphatic carbocycles. The minimum absolute atomic E-state index is 0.832. The molecule has 0 amide bonds. The second-order valence-corrected chi connectivity index (χ2v) is 5.88. The number of rotatable bonds is 4. The van der Waals surface area contributed by atoms with Gasteiger partial charge < -0.3 is 5.32 Å². The van der Waals surface area contributed by atoms with E-state index in [1.807, 2.05) is 25.4 Å². The van der Waals surface area contributed by atoms with Gasteiger partial charge in [0.05, 0.1) is 11.9 Å². The normalized spacial score (nSPS) is 14.5. The summed E-state index contributed by atoms with van der Waals surface area (Å²) in [5, 5.41) is 3.06. The fourth-order valence-corrected chi connectivity index (χ4v) is 2.81. The molecule has 1 aromatic carbocycles. The van der Waals surface area contributed by atoms with Crippen LogP contribution in [-0.2, 0) is 0 Å². The molecule has 0 spiro atoms. The highest BCUT2D eigenvalue weighted by atomic mass is 15.1. The van der Waals surface area contributed by atoms with Crippen LogP contribution in [0.4, 0.5) is 5.69 Å². The zero-order valence-corrected chi connectivity index (χ0v) is 14.1. The van der Waals surface area contributed by atoms with Crippen LogP contribution in [0.25, 0.3) is 5.57 Å². The molecule has 3 heteroatoms. The van der Waals surface area contributed by atoms with Crippen LogP contribution in [0.15, 0.2) is 54.7 Å². The Labute approximate surface area is 144 Å². The van der Waals surface area contributed by atoms with Gasteiger partial charge in [0.25, 0.3) is 0 Å². The minimum atomic E-state index is 0.832. The van der Waals surface area contributed by atoms with E-state index in [4.69, 9.17) is 0 Å². The van der Waals surface area contributed by atoms with Gasteiger partial charge in [0.2, 0.25) is 0 Å². The summed E-state index contributed by atoms with van der Waals surface area (Å²) in [5.74, 6) is 6.37. The molecular weight excluding hydrogens is 294 g/mol. The van der Waals surface area contributed by atoms with Gasteiger partial charge in [-0.05, 0) is 35.6 Å². The van der Waals surface area contributed by atoms with Gasteiger partial charge in [-0.1, -0.05) is 42.3 Å². The van der Waals surface area contributed by atoms with Crippen LogP contribution in [-0.4, -0.2) is 36.6 Å². The van der Waals surface area contributed by atoms with Crippen molar-refractivity contribution in [2.45, 2.75) is 12.8 Å². The van der Waals surface area contributed by atoms with Gasteiger partial charge in [0.1, 0.15) is 5.69 Å². The average Bonchev–Trinajstić information content (AvgIpc) is 2.67. The van der Waals surface area contributed by atoms with Gasteiger partial charge in [-0.2, -0.15) is 0 Å². The zero-order valence-electron chi connectivity index (χ0n) is 14.1. The summed E-state index contributed by atoms with van der Waals surface area (Å²) < 4.78 is 0. The molecule has 0 bridgehead atoms. The van der Waals surface area contributed by atoms with Crippen LogP contribution >= 0.6 is 0 Å². The topological polar surface area (TPSA) is 28.2 Å². The van der Waals surface area contributed by atoms with E-state index in [2.05, 4.69) is 63.4 Å². The van der Waals surface area contributed by atoms with E-state index in [0.717, 1.165) is 43.9 Å². The Morgan fingerprint density at radius 2 is 2.04 bits per heavy atom. The number of nitrogens with zero attached hydrogens (tertiary/aromatic N) is 2. The summed E-state index contributed by atoms with van der Waals surface area (Å²) in [6, 6.07) is 14.6. The van der Waals surface area contributed by atoms with Crippen molar-refractivity contribution in [2.75, 3.05) is 32.0 Å². The summed E-state index contributed by atoms with van der Waals surface area (Å²) in [4.78, 5) is 6.78. The van der Waals surface area contributed by atoms with Crippen molar-refractivity contribution in [3.63, 3.8) is 0 Å². The maximum atomic E-state index is 4.32. The van der Waals surface area contributed by atoms with Crippen molar-refractivity contribution in [1.29, 1.82) is 0 Å². The molecule has 3 nitrogen and oxygen atoms in total. The highest BCUT2D eigenvalue weighted by Crippen LogP contribution is 2.21. The average molecular weight is 317 g/mol. The van der Waals surface area contributed by atoms with Crippen LogP contribution < -0.4 is 5.32 Å². The van der Waals surface area contributed by atoms with Crippen LogP contribution in [0.3, 0.4) is 0 Å². The maximum absolute atomic E-state index is 4.32. The van der Waals surface area contributed by atoms with E-state index in [1.165, 1.54) is 11.1 Å². The molecule has 2 heterocycles. The van der Waals surface area contributed by atoms with Crippen molar-refractivity contribution >= 4 is 11.3 Å². The minimum Gasteiger partial charge on any atom is -0.387 e. The smallest absolute Gasteiger partial charge is 0.113 e. The molecule has 0 radical (unpaired) electrons. The molecule has 3 rings (SSSR count). The Hall–Kier alpha value is -2.57. The predicted octanol–water partition coefficient (Wildman–Crippen LogP) is 3.65. The Kier molecular flexibility index (Phi) is 5.65. The third-order valence-electron chi connectivity index (χ3n) is 4.26. The standard InChI is InChI=1S/C21H23N3/c1-22-21-11-10-20(23-17-21)9-5-6-14-24-15-12-19(13-16-24)18-7-3-2-4-8-18/h2-4,7-8,10-12,17,22H,6,13-16H2,1H3. The van der Waals surface area contributed by atoms with Crippen molar-refractivity contribution in [1.82, 2.24) is 9.88 Å². The molecule has 1 aliphatic rings. The van der Waals surface area contributed by atoms with E-state index in [0.29, 0.717) is 0 Å². The molecule has 0 saturated heterocycles. The fraction of sp³-hybridized carbons (Fsp3) is 0.286. The number of benzene rings is 1. The van der Waals surface area contributed by atoms with Gasteiger partial charge in [-0.25, -0.2) is 4.98 Å². The first-order valence-corrected chi connectivity index (χ1v) is 8.44. The van der Waals surface area contributed by atoms with Crippen molar-refractivity contribution in [3.05, 3.63) is 66.0 Å². The fourth-order valence-electron chi connectivity index (χ4n) is 2.81. The Morgan fingerprint density at radius 1 is 1.17 bits per heavy atom. The Morgan fingerprint density at radius 3 is 2.71 bits per heavy atom. The molecular formula is C21H23N3. The van der Waals surface area contributed by atoms with E-state index in [1.54, 1.807) is 0 Å². The van der Waals surface area contributed by atoms with E-state index >= 15 is 0 Å². The van der Waals surface area contributed by atoms with E-state index in [-0.39, 0.29) is 0 Å². The molecule has 1 N–H and O–H groups in total. The van der Waals surface area contributed by atoms with Crippen LogP contribution in [0, 0.1) is 11.8 Å². The van der Waals surface area contributed by atoms with Crippen LogP contribution in [0.2, 0.25) is 0 Å². The van der Waals surface area contributed by atoms with Crippen molar-refractivity contribution in [2.24, 2.45) is 0 Å². The summed E-state index contributed by atoms with van der Waals surface area (Å²) in [7, 11) is 1.89. The van der Waals surface area contributed by atoms with Crippen molar-refractivity contribution in [3.8, 4) is 11.8 Å². The lowest BCUT2D eigenvalue weighted by Crippen LogP contribution is -2.29.